The maximum Gasteiger partial charge on any atom is 0.240 e. The second-order valence-electron chi connectivity index (χ2n) is 6.40. The minimum absolute atomic E-state index is 0.102. The Morgan fingerprint density at radius 3 is 2.62 bits per heavy atom. The zero-order valence-electron chi connectivity index (χ0n) is 14.8. The van der Waals surface area contributed by atoms with E-state index in [2.05, 4.69) is 41.2 Å². The van der Waals surface area contributed by atoms with Crippen LogP contribution in [0, 0.1) is 6.92 Å². The van der Waals surface area contributed by atoms with Gasteiger partial charge in [-0.15, -0.1) is 0 Å². The Morgan fingerprint density at radius 1 is 1.15 bits per heavy atom. The van der Waals surface area contributed by atoms with Crippen molar-refractivity contribution in [2.75, 3.05) is 17.6 Å². The van der Waals surface area contributed by atoms with E-state index < -0.39 is 10.0 Å². The monoisotopic (exact) mass is 390 g/mol. The van der Waals surface area contributed by atoms with E-state index in [-0.39, 0.29) is 16.7 Å². The second kappa shape index (κ2) is 7.82. The molecule has 0 bridgehead atoms. The first-order valence-corrected chi connectivity index (χ1v) is 11.1. The molecule has 0 radical (unpaired) electrons. The zero-order chi connectivity index (χ0) is 18.7. The van der Waals surface area contributed by atoms with Crippen LogP contribution >= 0.6 is 11.8 Å². The van der Waals surface area contributed by atoms with Gasteiger partial charge in [-0.25, -0.2) is 13.1 Å². The lowest BCUT2D eigenvalue weighted by Gasteiger charge is -2.09. The predicted octanol–water partition coefficient (Wildman–Crippen LogP) is 3.26. The van der Waals surface area contributed by atoms with Gasteiger partial charge in [0.15, 0.2) is 0 Å². The topological polar surface area (TPSA) is 75.3 Å². The highest BCUT2D eigenvalue weighted by Crippen LogP contribution is 2.33. The van der Waals surface area contributed by atoms with Crippen LogP contribution in [-0.2, 0) is 20.6 Å². The summed E-state index contributed by atoms with van der Waals surface area (Å²) in [5.74, 6) is 1.11. The average molecular weight is 391 g/mol. The van der Waals surface area contributed by atoms with Crippen molar-refractivity contribution in [2.24, 2.45) is 0 Å². The highest BCUT2D eigenvalue weighted by molar-refractivity contribution is 7.98. The SMILES string of the molecule is Cc1ccc(CSCCNS(=O)(=O)c2ccc3c(c2)[C@@H](C)C(=O)N3)cc1. The number of amides is 1. The van der Waals surface area contributed by atoms with E-state index in [1.54, 1.807) is 30.8 Å². The number of carbonyl (C=O) groups is 1. The van der Waals surface area contributed by atoms with Gasteiger partial charge in [-0.05, 0) is 43.2 Å². The minimum atomic E-state index is -3.58. The standard InChI is InChI=1S/C19H22N2O3S2/c1-13-3-5-15(6-4-13)12-25-10-9-20-26(23,24)16-7-8-18-17(11-16)14(2)19(22)21-18/h3-8,11,14,20H,9-10,12H2,1-2H3,(H,21,22)/t14-/m1/s1. The van der Waals surface area contributed by atoms with E-state index in [4.69, 9.17) is 0 Å². The summed E-state index contributed by atoms with van der Waals surface area (Å²) in [6.45, 7) is 4.19. The number of hydrogen-bond donors (Lipinski definition) is 2. The third kappa shape index (κ3) is 4.28. The average Bonchev–Trinajstić information content (AvgIpc) is 2.90. The van der Waals surface area contributed by atoms with Gasteiger partial charge in [0.2, 0.25) is 15.9 Å². The summed E-state index contributed by atoms with van der Waals surface area (Å²) in [5.41, 5.74) is 3.88. The number of sulfonamides is 1. The van der Waals surface area contributed by atoms with Gasteiger partial charge in [0, 0.05) is 23.7 Å². The molecule has 1 amide bonds. The van der Waals surface area contributed by atoms with Crippen molar-refractivity contribution >= 4 is 33.4 Å². The maximum absolute atomic E-state index is 12.5. The van der Waals surface area contributed by atoms with Crippen LogP contribution < -0.4 is 10.0 Å². The summed E-state index contributed by atoms with van der Waals surface area (Å²) in [6, 6.07) is 13.1. The van der Waals surface area contributed by atoms with Crippen molar-refractivity contribution in [1.82, 2.24) is 4.72 Å². The van der Waals surface area contributed by atoms with Crippen LogP contribution in [0.15, 0.2) is 47.4 Å². The van der Waals surface area contributed by atoms with Gasteiger partial charge in [-0.2, -0.15) is 11.8 Å². The summed E-state index contributed by atoms with van der Waals surface area (Å²) < 4.78 is 27.6. The summed E-state index contributed by atoms with van der Waals surface area (Å²) in [5, 5.41) is 2.75. The smallest absolute Gasteiger partial charge is 0.240 e. The van der Waals surface area contributed by atoms with Crippen molar-refractivity contribution in [1.29, 1.82) is 0 Å². The Kier molecular flexibility index (Phi) is 5.70. The molecule has 1 heterocycles. The van der Waals surface area contributed by atoms with Crippen LogP contribution in [0.1, 0.15) is 29.5 Å². The first-order chi connectivity index (χ1) is 12.4. The molecule has 2 aromatic carbocycles. The number of rotatable bonds is 7. The van der Waals surface area contributed by atoms with Gasteiger partial charge in [-0.1, -0.05) is 29.8 Å². The normalized spacial score (nSPS) is 16.4. The molecule has 0 unspecified atom stereocenters. The summed E-state index contributed by atoms with van der Waals surface area (Å²) in [7, 11) is -3.58. The van der Waals surface area contributed by atoms with E-state index in [0.29, 0.717) is 18.0 Å². The lowest BCUT2D eigenvalue weighted by Crippen LogP contribution is -2.26. The third-order valence-corrected chi connectivity index (χ3v) is 6.87. The Balaban J connectivity index is 1.53. The van der Waals surface area contributed by atoms with Crippen molar-refractivity contribution < 1.29 is 13.2 Å². The number of anilines is 1. The quantitative estimate of drug-likeness (QED) is 0.712. The van der Waals surface area contributed by atoms with E-state index in [1.165, 1.54) is 17.2 Å². The molecule has 1 aliphatic heterocycles. The molecule has 1 atom stereocenters. The Morgan fingerprint density at radius 2 is 1.88 bits per heavy atom. The summed E-state index contributed by atoms with van der Waals surface area (Å²) >= 11 is 1.69. The Hall–Kier alpha value is -1.83. The fraction of sp³-hybridized carbons (Fsp3) is 0.316. The molecule has 5 nitrogen and oxygen atoms in total. The molecule has 2 N–H and O–H groups in total. The number of benzene rings is 2. The predicted molar refractivity (Wildman–Crippen MR) is 106 cm³/mol. The highest BCUT2D eigenvalue weighted by Gasteiger charge is 2.28. The van der Waals surface area contributed by atoms with Gasteiger partial charge in [0.1, 0.15) is 0 Å². The van der Waals surface area contributed by atoms with Crippen LogP contribution in [0.5, 0.6) is 0 Å². The highest BCUT2D eigenvalue weighted by atomic mass is 32.2. The molecule has 26 heavy (non-hydrogen) atoms. The molecule has 0 spiro atoms. The molecular weight excluding hydrogens is 368 g/mol. The number of fused-ring (bicyclic) bond motifs is 1. The number of nitrogens with one attached hydrogen (secondary N) is 2. The van der Waals surface area contributed by atoms with E-state index in [0.717, 1.165) is 11.3 Å². The van der Waals surface area contributed by atoms with Gasteiger partial charge >= 0.3 is 0 Å². The number of carbonyl (C=O) groups excluding carboxylic acids is 1. The molecule has 1 aliphatic rings. The largest absolute Gasteiger partial charge is 0.325 e. The van der Waals surface area contributed by atoms with Crippen molar-refractivity contribution in [3.8, 4) is 0 Å². The van der Waals surface area contributed by atoms with Crippen LogP contribution in [0.25, 0.3) is 0 Å². The lowest BCUT2D eigenvalue weighted by molar-refractivity contribution is -0.116. The molecule has 3 rings (SSSR count). The van der Waals surface area contributed by atoms with Crippen LogP contribution in [0.2, 0.25) is 0 Å². The second-order valence-corrected chi connectivity index (χ2v) is 9.27. The van der Waals surface area contributed by atoms with E-state index >= 15 is 0 Å². The maximum atomic E-state index is 12.5. The van der Waals surface area contributed by atoms with Crippen LogP contribution in [0.4, 0.5) is 5.69 Å². The first kappa shape index (κ1) is 18.9. The number of thioether (sulfide) groups is 1. The fourth-order valence-electron chi connectivity index (χ4n) is 2.77. The first-order valence-electron chi connectivity index (χ1n) is 8.44. The Labute approximate surface area is 158 Å². The van der Waals surface area contributed by atoms with E-state index in [1.807, 2.05) is 0 Å². The molecule has 2 aromatic rings. The number of hydrogen-bond acceptors (Lipinski definition) is 4. The molecular formula is C19H22N2O3S2. The molecule has 0 saturated heterocycles. The molecule has 0 aromatic heterocycles. The van der Waals surface area contributed by atoms with Crippen LogP contribution in [-0.4, -0.2) is 26.6 Å². The van der Waals surface area contributed by atoms with Crippen molar-refractivity contribution in [2.45, 2.75) is 30.4 Å². The van der Waals surface area contributed by atoms with Gasteiger partial charge < -0.3 is 5.32 Å². The van der Waals surface area contributed by atoms with E-state index in [9.17, 15) is 13.2 Å². The third-order valence-electron chi connectivity index (χ3n) is 4.38. The molecule has 7 heteroatoms. The van der Waals surface area contributed by atoms with Gasteiger partial charge in [0.25, 0.3) is 0 Å². The van der Waals surface area contributed by atoms with Crippen LogP contribution in [0.3, 0.4) is 0 Å². The molecule has 0 fully saturated rings. The van der Waals surface area contributed by atoms with Crippen molar-refractivity contribution in [3.63, 3.8) is 0 Å². The lowest BCUT2D eigenvalue weighted by atomic mass is 10.0. The molecule has 0 aliphatic carbocycles. The summed E-state index contributed by atoms with van der Waals surface area (Å²) in [6.07, 6.45) is 0. The molecule has 138 valence electrons. The van der Waals surface area contributed by atoms with Gasteiger partial charge in [0.05, 0.1) is 10.8 Å². The number of aryl methyl sites for hydroxylation is 1. The van der Waals surface area contributed by atoms with Crippen molar-refractivity contribution in [3.05, 3.63) is 59.2 Å². The van der Waals surface area contributed by atoms with Gasteiger partial charge in [-0.3, -0.25) is 4.79 Å². The fourth-order valence-corrected chi connectivity index (χ4v) is 4.78. The summed E-state index contributed by atoms with van der Waals surface area (Å²) in [4.78, 5) is 11.9. The molecule has 0 saturated carbocycles. The zero-order valence-corrected chi connectivity index (χ0v) is 16.4. The Bertz CT molecular complexity index is 909. The minimum Gasteiger partial charge on any atom is -0.325 e.